The number of aliphatic hydroxyl groups is 2. The lowest BCUT2D eigenvalue weighted by Gasteiger charge is -2.52. The molecular weight excluding hydrogens is 861 g/mol. The van der Waals surface area contributed by atoms with E-state index in [4.69, 9.17) is 68.8 Å². The van der Waals surface area contributed by atoms with Crippen molar-refractivity contribution in [1.29, 1.82) is 0 Å². The van der Waals surface area contributed by atoms with Crippen LogP contribution in [0, 0.1) is 16.2 Å². The molecular formula is C45H99B3O11Si4. The zero-order chi connectivity index (χ0) is 48.8. The third-order valence-corrected chi connectivity index (χ3v) is 35.7. The molecule has 18 heteroatoms. The molecule has 5 rings (SSSR count). The lowest BCUT2D eigenvalue weighted by molar-refractivity contribution is -0.0303. The second-order valence-electron chi connectivity index (χ2n) is 23.4. The Morgan fingerprint density at radius 3 is 0.952 bits per heavy atom. The van der Waals surface area contributed by atoms with E-state index >= 15 is 0 Å². The molecule has 5 saturated heterocycles. The van der Waals surface area contributed by atoms with Gasteiger partial charge in [0.1, 0.15) is 41.9 Å². The van der Waals surface area contributed by atoms with E-state index in [-0.39, 0.29) is 59.6 Å². The van der Waals surface area contributed by atoms with Crippen LogP contribution in [0.25, 0.3) is 0 Å². The fourth-order valence-electron chi connectivity index (χ4n) is 10.3. The fraction of sp³-hybridized carbons (Fsp3) is 1.00. The average molecular weight is 961 g/mol. The van der Waals surface area contributed by atoms with Crippen LogP contribution in [-0.4, -0.2) is 142 Å². The monoisotopic (exact) mass is 961 g/mol. The number of hydrogen-bond acceptors (Lipinski definition) is 11. The number of rotatable bonds is 9. The standard InChI is InChI=1S/2C19H39BO4Si2.C7H13BO3.4H2/c2*1-12(2)25(13(3)4)21-11-16-17(19(9,10)18(20)22-16)23-26(24-25,14(5)6)15(7)8;1-7(2)5(10)4(3-9)11-6(7)8;;;;/h2*12-18H,11H2,1-10H3;4-6,9-10H,3H2,1-2H3;4*1H/t2*16-,17-,18-;4-,5-,6-;;;;/m111..../s1. The Labute approximate surface area is 399 Å². The maximum absolute atomic E-state index is 9.52. The first-order chi connectivity index (χ1) is 28.6. The van der Waals surface area contributed by atoms with Crippen LogP contribution >= 0.6 is 0 Å². The average Bonchev–Trinajstić information content (AvgIpc) is 3.58. The Bertz CT molecular complexity index is 1350. The lowest BCUT2D eigenvalue weighted by atomic mass is 9.73. The van der Waals surface area contributed by atoms with Crippen molar-refractivity contribution in [2.75, 3.05) is 19.8 Å². The van der Waals surface area contributed by atoms with Crippen molar-refractivity contribution >= 4 is 57.8 Å². The van der Waals surface area contributed by atoms with Crippen molar-refractivity contribution in [3.05, 3.63) is 0 Å². The summed E-state index contributed by atoms with van der Waals surface area (Å²) in [6.45, 7) is 48.8. The first kappa shape index (κ1) is 57.9. The van der Waals surface area contributed by atoms with Gasteiger partial charge in [0.2, 0.25) is 0 Å². The van der Waals surface area contributed by atoms with Gasteiger partial charge in [0, 0.05) is 40.0 Å². The summed E-state index contributed by atoms with van der Waals surface area (Å²) in [5, 5.41) is 18.3. The van der Waals surface area contributed by atoms with Crippen LogP contribution in [-0.2, 0) is 40.1 Å². The molecule has 11 nitrogen and oxygen atoms in total. The van der Waals surface area contributed by atoms with E-state index in [2.05, 4.69) is 138 Å². The highest BCUT2D eigenvalue weighted by Crippen LogP contribution is 2.52. The molecule has 9 atom stereocenters. The van der Waals surface area contributed by atoms with Gasteiger partial charge in [-0.15, -0.1) is 0 Å². The predicted molar refractivity (Wildman–Crippen MR) is 274 cm³/mol. The molecule has 2 N–H and O–H groups in total. The first-order valence-electron chi connectivity index (χ1n) is 24.2. The molecule has 0 aromatic heterocycles. The number of hydrogen-bond donors (Lipinski definition) is 2. The van der Waals surface area contributed by atoms with Gasteiger partial charge in [-0.1, -0.05) is 152 Å². The zero-order valence-corrected chi connectivity index (χ0v) is 47.7. The molecule has 63 heavy (non-hydrogen) atoms. The molecule has 0 bridgehead atoms. The number of ether oxygens (including phenoxy) is 3. The van der Waals surface area contributed by atoms with Gasteiger partial charge in [-0.25, -0.2) is 0 Å². The van der Waals surface area contributed by atoms with E-state index in [1.807, 2.05) is 13.8 Å². The molecule has 0 aliphatic carbocycles. The molecule has 5 heterocycles. The van der Waals surface area contributed by atoms with Crippen molar-refractivity contribution in [3.8, 4) is 0 Å². The van der Waals surface area contributed by atoms with Crippen molar-refractivity contribution < 1.29 is 56.1 Å². The molecule has 0 amide bonds. The Hall–Kier alpha value is 0.622. The van der Waals surface area contributed by atoms with Crippen molar-refractivity contribution in [2.24, 2.45) is 16.2 Å². The van der Waals surface area contributed by atoms with Crippen molar-refractivity contribution in [1.82, 2.24) is 0 Å². The van der Waals surface area contributed by atoms with Crippen LogP contribution < -0.4 is 0 Å². The second kappa shape index (κ2) is 21.3. The summed E-state index contributed by atoms with van der Waals surface area (Å²) in [7, 11) is 8.08. The van der Waals surface area contributed by atoms with Gasteiger partial charge in [-0.05, 0) is 44.3 Å². The molecule has 6 radical (unpaired) electrons. The molecule has 5 aliphatic rings. The first-order valence-corrected chi connectivity index (χ1v) is 32.1. The zero-order valence-electron chi connectivity index (χ0n) is 43.7. The minimum Gasteiger partial charge on any atom is -0.414 e. The second-order valence-corrected chi connectivity index (χ2v) is 41.1. The third-order valence-electron chi connectivity index (χ3n) is 15.2. The highest BCUT2D eigenvalue weighted by Gasteiger charge is 2.64. The summed E-state index contributed by atoms with van der Waals surface area (Å²) in [5.41, 5.74) is 1.66. The minimum atomic E-state index is -2.58. The molecule has 0 spiro atoms. The number of aliphatic hydroxyl groups excluding tert-OH is 2. The van der Waals surface area contributed by atoms with Gasteiger partial charge < -0.3 is 50.4 Å². The van der Waals surface area contributed by atoms with Gasteiger partial charge in [-0.3, -0.25) is 0 Å². The summed E-state index contributed by atoms with van der Waals surface area (Å²) in [6, 6.07) is -1.19. The smallest absolute Gasteiger partial charge is 0.335 e. The van der Waals surface area contributed by atoms with E-state index in [0.717, 1.165) is 0 Å². The Kier molecular flexibility index (Phi) is 19.6. The maximum atomic E-state index is 9.52. The topological polar surface area (TPSA) is 124 Å². The van der Waals surface area contributed by atoms with Crippen LogP contribution in [0.3, 0.4) is 0 Å². The van der Waals surface area contributed by atoms with E-state index in [9.17, 15) is 5.11 Å². The van der Waals surface area contributed by atoms with E-state index < -0.39 is 57.9 Å². The molecule has 0 saturated carbocycles. The van der Waals surface area contributed by atoms with E-state index in [0.29, 0.717) is 57.5 Å². The maximum Gasteiger partial charge on any atom is 0.335 e. The highest BCUT2D eigenvalue weighted by molar-refractivity contribution is 6.84. The molecule has 0 aromatic carbocycles. The Morgan fingerprint density at radius 1 is 0.476 bits per heavy atom. The van der Waals surface area contributed by atoms with Crippen LogP contribution in [0.2, 0.25) is 44.3 Å². The molecule has 0 aromatic rings. The molecule has 370 valence electrons. The molecule has 5 fully saturated rings. The SMILES string of the molecule is [B][C@@H]1O[C@@H]2CO[Si](C(C)C)(C(C)C)O[Si](C(C)C)(C(C)C)O[C@H]2C1(C)C.[B][C@@H]1O[C@@H]2CO[Si](C(C)C)(C(C)C)O[Si](C(C)C)(C(C)C)O[C@H]2C1(C)C.[B][C@@H]1O[C@H](CO)[C@@H](O)C1(C)C.[HH].[HH].[HH].[HH]. The molecule has 0 unspecified atom stereocenters. The summed E-state index contributed by atoms with van der Waals surface area (Å²) < 4.78 is 59.2. The summed E-state index contributed by atoms with van der Waals surface area (Å²) in [5.74, 6) is 0. The van der Waals surface area contributed by atoms with Gasteiger partial charge in [0.25, 0.3) is 0 Å². The normalized spacial score (nSPS) is 35.1. The minimum absolute atomic E-state index is 0. The van der Waals surface area contributed by atoms with Gasteiger partial charge in [0.05, 0.1) is 38.1 Å². The quantitative estimate of drug-likeness (QED) is 0.215. The van der Waals surface area contributed by atoms with Crippen molar-refractivity contribution in [2.45, 2.75) is 251 Å². The van der Waals surface area contributed by atoms with Crippen LogP contribution in [0.1, 0.15) is 158 Å². The fourth-order valence-corrected chi connectivity index (χ4v) is 33.0. The molecule has 5 aliphatic heterocycles. The highest BCUT2D eigenvalue weighted by atomic mass is 28.5. The summed E-state index contributed by atoms with van der Waals surface area (Å²) in [4.78, 5) is 0. The third kappa shape index (κ3) is 11.0. The van der Waals surface area contributed by atoms with E-state index in [1.165, 1.54) is 0 Å². The van der Waals surface area contributed by atoms with Gasteiger partial charge in [-0.2, -0.15) is 0 Å². The van der Waals surface area contributed by atoms with Crippen molar-refractivity contribution in [3.63, 3.8) is 0 Å². The largest absolute Gasteiger partial charge is 0.414 e. The van der Waals surface area contributed by atoms with Gasteiger partial charge in [0.15, 0.2) is 0 Å². The lowest BCUT2D eigenvalue weighted by Crippen LogP contribution is -2.66. The Balaban J connectivity index is 0. The van der Waals surface area contributed by atoms with Crippen LogP contribution in [0.15, 0.2) is 0 Å². The van der Waals surface area contributed by atoms with Gasteiger partial charge >= 0.3 is 34.2 Å². The Morgan fingerprint density at radius 2 is 0.746 bits per heavy atom. The number of fused-ring (bicyclic) bond motifs is 2. The summed E-state index contributed by atoms with van der Waals surface area (Å²) in [6.07, 6.45) is -1.65. The van der Waals surface area contributed by atoms with Crippen LogP contribution in [0.5, 0.6) is 0 Å². The van der Waals surface area contributed by atoms with E-state index in [1.54, 1.807) is 0 Å². The predicted octanol–water partition coefficient (Wildman–Crippen LogP) is 9.97. The van der Waals surface area contributed by atoms with Crippen LogP contribution in [0.4, 0.5) is 0 Å². The summed E-state index contributed by atoms with van der Waals surface area (Å²) >= 11 is 0.